The first kappa shape index (κ1) is 9.83. The molecule has 0 fully saturated rings. The summed E-state index contributed by atoms with van der Waals surface area (Å²) in [4.78, 5) is 11.0. The van der Waals surface area contributed by atoms with Crippen LogP contribution in [-0.2, 0) is 6.42 Å². The van der Waals surface area contributed by atoms with Crippen LogP contribution in [0.4, 0.5) is 5.69 Å². The molecule has 0 radical (unpaired) electrons. The molecule has 1 heterocycles. The van der Waals surface area contributed by atoms with Crippen molar-refractivity contribution in [2.75, 3.05) is 5.73 Å². The summed E-state index contributed by atoms with van der Waals surface area (Å²) < 4.78 is 5.56. The minimum absolute atomic E-state index is 0.126. The normalized spacial score (nSPS) is 19.1. The van der Waals surface area contributed by atoms with E-state index in [1.54, 1.807) is 6.07 Å². The highest BCUT2D eigenvalue weighted by atomic mass is 16.5. The van der Waals surface area contributed by atoms with Gasteiger partial charge in [0.05, 0.1) is 11.7 Å². The van der Waals surface area contributed by atoms with E-state index in [1.807, 2.05) is 6.92 Å². The van der Waals surface area contributed by atoms with Gasteiger partial charge in [-0.05, 0) is 25.8 Å². The molecule has 80 valence electrons. The Morgan fingerprint density at radius 1 is 1.60 bits per heavy atom. The highest BCUT2D eigenvalue weighted by Crippen LogP contribution is 2.32. The van der Waals surface area contributed by atoms with Gasteiger partial charge < -0.3 is 15.6 Å². The van der Waals surface area contributed by atoms with Gasteiger partial charge in [0.1, 0.15) is 5.75 Å². The molecule has 4 nitrogen and oxygen atoms in total. The van der Waals surface area contributed by atoms with Crippen molar-refractivity contribution < 1.29 is 14.6 Å². The summed E-state index contributed by atoms with van der Waals surface area (Å²) in [6, 6.07) is 3.18. The van der Waals surface area contributed by atoms with Gasteiger partial charge in [-0.2, -0.15) is 0 Å². The summed E-state index contributed by atoms with van der Waals surface area (Å²) in [5, 5.41) is 9.02. The molecule has 0 bridgehead atoms. The van der Waals surface area contributed by atoms with Gasteiger partial charge in [0.15, 0.2) is 0 Å². The van der Waals surface area contributed by atoms with E-state index in [0.717, 1.165) is 18.4 Å². The molecular weight excluding hydrogens is 194 g/mol. The number of aromatic carboxylic acids is 1. The Hall–Kier alpha value is -1.71. The molecule has 3 N–H and O–H groups in total. The average Bonchev–Trinajstić information content (AvgIpc) is 2.15. The summed E-state index contributed by atoms with van der Waals surface area (Å²) >= 11 is 0. The third kappa shape index (κ3) is 1.75. The van der Waals surface area contributed by atoms with Gasteiger partial charge in [-0.25, -0.2) is 4.79 Å². The predicted octanol–water partition coefficient (Wildman–Crippen LogP) is 1.68. The molecule has 1 aliphatic heterocycles. The fraction of sp³-hybridized carbons (Fsp3) is 0.364. The van der Waals surface area contributed by atoms with Crippen molar-refractivity contribution in [2.24, 2.45) is 0 Å². The van der Waals surface area contributed by atoms with Gasteiger partial charge in [0.25, 0.3) is 0 Å². The maximum atomic E-state index is 11.0. The van der Waals surface area contributed by atoms with E-state index in [0.29, 0.717) is 11.4 Å². The van der Waals surface area contributed by atoms with Crippen LogP contribution in [0.25, 0.3) is 0 Å². The van der Waals surface area contributed by atoms with Gasteiger partial charge in [0.2, 0.25) is 0 Å². The molecule has 0 aromatic heterocycles. The molecule has 0 spiro atoms. The van der Waals surface area contributed by atoms with E-state index in [2.05, 4.69) is 0 Å². The molecule has 0 aliphatic carbocycles. The monoisotopic (exact) mass is 207 g/mol. The molecule has 0 saturated carbocycles. The highest BCUT2D eigenvalue weighted by Gasteiger charge is 2.22. The molecule has 4 heteroatoms. The Balaban J connectivity index is 2.54. The number of ether oxygens (including phenoxy) is 1. The Labute approximate surface area is 87.7 Å². The molecule has 0 saturated heterocycles. The fourth-order valence-corrected chi connectivity index (χ4v) is 1.84. The van der Waals surface area contributed by atoms with Crippen molar-refractivity contribution in [1.29, 1.82) is 0 Å². The lowest BCUT2D eigenvalue weighted by Crippen LogP contribution is -2.21. The number of hydrogen-bond donors (Lipinski definition) is 2. The zero-order valence-electron chi connectivity index (χ0n) is 8.49. The van der Waals surface area contributed by atoms with Crippen LogP contribution in [0.1, 0.15) is 29.3 Å². The maximum Gasteiger partial charge on any atom is 0.336 e. The smallest absolute Gasteiger partial charge is 0.336 e. The number of nitrogens with two attached hydrogens (primary N) is 1. The van der Waals surface area contributed by atoms with E-state index in [1.165, 1.54) is 6.07 Å². The molecule has 1 aromatic carbocycles. The summed E-state index contributed by atoms with van der Waals surface area (Å²) in [6.45, 7) is 1.96. The van der Waals surface area contributed by atoms with Gasteiger partial charge in [0, 0.05) is 17.3 Å². The number of nitrogen functional groups attached to an aromatic ring is 1. The molecule has 2 rings (SSSR count). The summed E-state index contributed by atoms with van der Waals surface area (Å²) in [6.07, 6.45) is 1.70. The minimum atomic E-state index is -0.947. The number of carboxylic acid groups (broad SMARTS) is 1. The molecule has 1 unspecified atom stereocenters. The number of rotatable bonds is 1. The first-order valence-corrected chi connectivity index (χ1v) is 4.90. The van der Waals surface area contributed by atoms with Crippen molar-refractivity contribution in [3.05, 3.63) is 23.3 Å². The van der Waals surface area contributed by atoms with E-state index < -0.39 is 5.97 Å². The minimum Gasteiger partial charge on any atom is -0.490 e. The highest BCUT2D eigenvalue weighted by molar-refractivity contribution is 5.91. The van der Waals surface area contributed by atoms with Crippen molar-refractivity contribution in [3.8, 4) is 5.75 Å². The lowest BCUT2D eigenvalue weighted by molar-refractivity contribution is 0.0693. The number of benzene rings is 1. The van der Waals surface area contributed by atoms with E-state index >= 15 is 0 Å². The van der Waals surface area contributed by atoms with Crippen LogP contribution in [0.2, 0.25) is 0 Å². The third-order valence-corrected chi connectivity index (χ3v) is 2.59. The van der Waals surface area contributed by atoms with Gasteiger partial charge in [-0.1, -0.05) is 0 Å². The zero-order chi connectivity index (χ0) is 11.0. The SMILES string of the molecule is CC1CCc2c(cc(N)cc2C(=O)O)O1. The van der Waals surface area contributed by atoms with Crippen LogP contribution in [0.3, 0.4) is 0 Å². The third-order valence-electron chi connectivity index (χ3n) is 2.59. The van der Waals surface area contributed by atoms with Crippen molar-refractivity contribution in [3.63, 3.8) is 0 Å². The lowest BCUT2D eigenvalue weighted by Gasteiger charge is -2.24. The molecule has 1 aliphatic rings. The van der Waals surface area contributed by atoms with Crippen LogP contribution >= 0.6 is 0 Å². The second-order valence-electron chi connectivity index (χ2n) is 3.82. The number of hydrogen-bond acceptors (Lipinski definition) is 3. The standard InChI is InChI=1S/C11H13NO3/c1-6-2-3-8-9(11(13)14)4-7(12)5-10(8)15-6/h4-6H,2-3,12H2,1H3,(H,13,14). The second-order valence-corrected chi connectivity index (χ2v) is 3.82. The van der Waals surface area contributed by atoms with E-state index in [-0.39, 0.29) is 11.7 Å². The van der Waals surface area contributed by atoms with Gasteiger partial charge in [-0.15, -0.1) is 0 Å². The Bertz CT molecular complexity index is 415. The Morgan fingerprint density at radius 3 is 3.00 bits per heavy atom. The second kappa shape index (κ2) is 3.46. The van der Waals surface area contributed by atoms with Crippen LogP contribution in [0.5, 0.6) is 5.75 Å². The molecule has 15 heavy (non-hydrogen) atoms. The topological polar surface area (TPSA) is 72.6 Å². The first-order valence-electron chi connectivity index (χ1n) is 4.90. The molecular formula is C11H13NO3. The van der Waals surface area contributed by atoms with E-state index in [9.17, 15) is 4.79 Å². The van der Waals surface area contributed by atoms with Crippen LogP contribution in [0.15, 0.2) is 12.1 Å². The number of carboxylic acids is 1. The summed E-state index contributed by atoms with van der Waals surface area (Å²) in [5.41, 5.74) is 7.07. The Kier molecular flexibility index (Phi) is 2.26. The molecule has 0 amide bonds. The number of anilines is 1. The van der Waals surface area contributed by atoms with Crippen molar-refractivity contribution >= 4 is 11.7 Å². The number of carbonyl (C=O) groups is 1. The quantitative estimate of drug-likeness (QED) is 0.687. The fourth-order valence-electron chi connectivity index (χ4n) is 1.84. The predicted molar refractivity (Wildman–Crippen MR) is 56.2 cm³/mol. The van der Waals surface area contributed by atoms with E-state index in [4.69, 9.17) is 15.6 Å². The zero-order valence-corrected chi connectivity index (χ0v) is 8.49. The average molecular weight is 207 g/mol. The summed E-state index contributed by atoms with van der Waals surface area (Å²) in [5.74, 6) is -0.331. The van der Waals surface area contributed by atoms with Crippen molar-refractivity contribution in [1.82, 2.24) is 0 Å². The number of fused-ring (bicyclic) bond motifs is 1. The van der Waals surface area contributed by atoms with Gasteiger partial charge >= 0.3 is 5.97 Å². The van der Waals surface area contributed by atoms with Gasteiger partial charge in [-0.3, -0.25) is 0 Å². The summed E-state index contributed by atoms with van der Waals surface area (Å²) in [7, 11) is 0. The first-order chi connectivity index (χ1) is 7.08. The lowest BCUT2D eigenvalue weighted by atomic mass is 9.97. The maximum absolute atomic E-state index is 11.0. The molecule has 1 atom stereocenters. The Morgan fingerprint density at radius 2 is 2.33 bits per heavy atom. The largest absolute Gasteiger partial charge is 0.490 e. The van der Waals surface area contributed by atoms with Crippen LogP contribution in [-0.4, -0.2) is 17.2 Å². The van der Waals surface area contributed by atoms with Crippen LogP contribution < -0.4 is 10.5 Å². The van der Waals surface area contributed by atoms with Crippen LogP contribution in [0, 0.1) is 0 Å². The van der Waals surface area contributed by atoms with Crippen molar-refractivity contribution in [2.45, 2.75) is 25.9 Å². The molecule has 1 aromatic rings.